The highest BCUT2D eigenvalue weighted by Gasteiger charge is 2.00. The number of hydrogen-bond donors (Lipinski definition) is 3. The lowest BCUT2D eigenvalue weighted by Crippen LogP contribution is -2.24. The van der Waals surface area contributed by atoms with Crippen LogP contribution < -0.4 is 16.8 Å². The highest BCUT2D eigenvalue weighted by atomic mass is 35.5. The van der Waals surface area contributed by atoms with Gasteiger partial charge in [-0.2, -0.15) is 0 Å². The molecule has 0 bridgehead atoms. The minimum absolute atomic E-state index is 0. The van der Waals surface area contributed by atoms with Gasteiger partial charge in [-0.1, -0.05) is 71.1 Å². The second-order valence-corrected chi connectivity index (χ2v) is 6.65. The molecule has 1 amide bonds. The molecular formula is C19H41ClN4O. The van der Waals surface area contributed by atoms with Gasteiger partial charge in [0.15, 0.2) is 5.96 Å². The molecule has 0 heterocycles. The van der Waals surface area contributed by atoms with Crippen molar-refractivity contribution >= 4 is 24.3 Å². The fourth-order valence-electron chi connectivity index (χ4n) is 2.71. The number of carbonyl (C=O) groups excluding carboxylic acids is 1. The molecule has 0 fully saturated rings. The lowest BCUT2D eigenvalue weighted by Gasteiger charge is -2.05. The Morgan fingerprint density at radius 2 is 1.32 bits per heavy atom. The molecule has 0 atom stereocenters. The van der Waals surface area contributed by atoms with E-state index in [2.05, 4.69) is 17.2 Å². The van der Waals surface area contributed by atoms with E-state index in [1.165, 1.54) is 51.4 Å². The van der Waals surface area contributed by atoms with Crippen molar-refractivity contribution in [2.24, 2.45) is 16.5 Å². The van der Waals surface area contributed by atoms with E-state index < -0.39 is 0 Å². The van der Waals surface area contributed by atoms with Gasteiger partial charge in [0.2, 0.25) is 5.91 Å². The first-order valence-electron chi connectivity index (χ1n) is 9.99. The van der Waals surface area contributed by atoms with Gasteiger partial charge in [-0.15, -0.1) is 12.4 Å². The van der Waals surface area contributed by atoms with Crippen molar-refractivity contribution in [3.63, 3.8) is 0 Å². The predicted molar refractivity (Wildman–Crippen MR) is 111 cm³/mol. The summed E-state index contributed by atoms with van der Waals surface area (Å²) in [5.41, 5.74) is 10.5. The molecule has 0 aromatic rings. The van der Waals surface area contributed by atoms with Crippen molar-refractivity contribution in [3.8, 4) is 0 Å². The summed E-state index contributed by atoms with van der Waals surface area (Å²) in [5, 5.41) is 3.01. The van der Waals surface area contributed by atoms with Crippen LogP contribution in [-0.4, -0.2) is 25.0 Å². The van der Waals surface area contributed by atoms with E-state index in [0.717, 1.165) is 38.6 Å². The Labute approximate surface area is 161 Å². The first-order chi connectivity index (χ1) is 11.7. The van der Waals surface area contributed by atoms with E-state index in [9.17, 15) is 4.79 Å². The number of guanidine groups is 1. The van der Waals surface area contributed by atoms with Crippen LogP contribution in [0.3, 0.4) is 0 Å². The molecular weight excluding hydrogens is 336 g/mol. The van der Waals surface area contributed by atoms with Crippen molar-refractivity contribution in [1.82, 2.24) is 5.32 Å². The Morgan fingerprint density at radius 3 is 1.92 bits per heavy atom. The molecule has 0 spiro atoms. The van der Waals surface area contributed by atoms with Crippen molar-refractivity contribution in [2.75, 3.05) is 13.1 Å². The highest BCUT2D eigenvalue weighted by molar-refractivity contribution is 5.85. The van der Waals surface area contributed by atoms with Gasteiger partial charge in [0.05, 0.1) is 0 Å². The minimum Gasteiger partial charge on any atom is -0.370 e. The summed E-state index contributed by atoms with van der Waals surface area (Å²) in [6.45, 7) is 3.74. The molecule has 0 aliphatic carbocycles. The number of carbonyl (C=O) groups is 1. The van der Waals surface area contributed by atoms with E-state index in [0.29, 0.717) is 13.0 Å². The van der Waals surface area contributed by atoms with E-state index in [4.69, 9.17) is 11.5 Å². The van der Waals surface area contributed by atoms with Crippen LogP contribution in [0.5, 0.6) is 0 Å². The number of unbranched alkanes of at least 4 members (excludes halogenated alkanes) is 11. The molecule has 5 N–H and O–H groups in total. The molecule has 0 aliphatic heterocycles. The molecule has 5 nitrogen and oxygen atoms in total. The lowest BCUT2D eigenvalue weighted by atomic mass is 10.1. The first-order valence-corrected chi connectivity index (χ1v) is 9.99. The van der Waals surface area contributed by atoms with Crippen LogP contribution in [0.15, 0.2) is 4.99 Å². The summed E-state index contributed by atoms with van der Waals surface area (Å²) >= 11 is 0. The lowest BCUT2D eigenvalue weighted by molar-refractivity contribution is -0.121. The van der Waals surface area contributed by atoms with Crippen LogP contribution in [0.4, 0.5) is 0 Å². The molecule has 0 aromatic carbocycles. The first kappa shape index (κ1) is 26.3. The average molecular weight is 377 g/mol. The number of hydrogen-bond acceptors (Lipinski definition) is 2. The number of nitrogens with two attached hydrogens (primary N) is 2. The largest absolute Gasteiger partial charge is 0.370 e. The molecule has 25 heavy (non-hydrogen) atoms. The zero-order chi connectivity index (χ0) is 17.9. The van der Waals surface area contributed by atoms with Crippen molar-refractivity contribution < 1.29 is 4.79 Å². The van der Waals surface area contributed by atoms with Gasteiger partial charge in [0, 0.05) is 19.5 Å². The number of rotatable bonds is 17. The predicted octanol–water partition coefficient (Wildman–Crippen LogP) is 4.28. The monoisotopic (exact) mass is 376 g/mol. The molecule has 0 aliphatic rings. The van der Waals surface area contributed by atoms with Gasteiger partial charge in [-0.05, 0) is 19.3 Å². The van der Waals surface area contributed by atoms with Crippen LogP contribution in [-0.2, 0) is 4.79 Å². The Bertz CT molecular complexity index is 321. The van der Waals surface area contributed by atoms with Crippen molar-refractivity contribution in [3.05, 3.63) is 0 Å². The maximum Gasteiger partial charge on any atom is 0.219 e. The molecule has 0 saturated carbocycles. The van der Waals surface area contributed by atoms with Gasteiger partial charge < -0.3 is 16.8 Å². The molecule has 0 rings (SSSR count). The number of halogens is 1. The van der Waals surface area contributed by atoms with Crippen LogP contribution in [0, 0.1) is 0 Å². The Morgan fingerprint density at radius 1 is 0.800 bits per heavy atom. The smallest absolute Gasteiger partial charge is 0.219 e. The summed E-state index contributed by atoms with van der Waals surface area (Å²) in [6.07, 6.45) is 16.5. The van der Waals surface area contributed by atoms with Gasteiger partial charge in [-0.25, -0.2) is 0 Å². The molecule has 0 unspecified atom stereocenters. The van der Waals surface area contributed by atoms with Gasteiger partial charge >= 0.3 is 0 Å². The number of nitrogens with zero attached hydrogens (tertiary/aromatic N) is 1. The van der Waals surface area contributed by atoms with Gasteiger partial charge in [0.25, 0.3) is 0 Å². The van der Waals surface area contributed by atoms with Crippen LogP contribution in [0.25, 0.3) is 0 Å². The molecule has 0 saturated heterocycles. The van der Waals surface area contributed by atoms with Gasteiger partial charge in [-0.3, -0.25) is 9.79 Å². The summed E-state index contributed by atoms with van der Waals surface area (Å²) in [5.74, 6) is 0.372. The fraction of sp³-hybridized carbons (Fsp3) is 0.895. The summed E-state index contributed by atoms with van der Waals surface area (Å²) in [6, 6.07) is 0. The topological polar surface area (TPSA) is 93.5 Å². The number of nitrogens with one attached hydrogen (secondary N) is 1. The minimum atomic E-state index is 0. The molecule has 0 aromatic heterocycles. The maximum atomic E-state index is 11.7. The maximum absolute atomic E-state index is 11.7. The standard InChI is InChI=1S/C19H40N4O.ClH/c1-2-3-4-5-6-7-8-9-12-15-18(24)22-16-13-10-11-14-17-23-19(20)21;/h2-17H2,1H3,(H,22,24)(H4,20,21,23);1H. The third-order valence-electron chi connectivity index (χ3n) is 4.21. The Hall–Kier alpha value is -0.970. The van der Waals surface area contributed by atoms with Crippen LogP contribution >= 0.6 is 12.4 Å². The van der Waals surface area contributed by atoms with E-state index in [1.807, 2.05) is 0 Å². The van der Waals surface area contributed by atoms with E-state index >= 15 is 0 Å². The highest BCUT2D eigenvalue weighted by Crippen LogP contribution is 2.10. The van der Waals surface area contributed by atoms with Crippen molar-refractivity contribution in [2.45, 2.75) is 96.8 Å². The van der Waals surface area contributed by atoms with E-state index in [-0.39, 0.29) is 24.3 Å². The third-order valence-corrected chi connectivity index (χ3v) is 4.21. The molecule has 0 radical (unpaired) electrons. The fourth-order valence-corrected chi connectivity index (χ4v) is 2.71. The Balaban J connectivity index is 0. The number of aliphatic imine (C=N–C) groups is 1. The summed E-state index contributed by atoms with van der Waals surface area (Å²) in [7, 11) is 0. The molecule has 6 heteroatoms. The van der Waals surface area contributed by atoms with Gasteiger partial charge in [0.1, 0.15) is 0 Å². The van der Waals surface area contributed by atoms with Crippen LogP contribution in [0.2, 0.25) is 0 Å². The summed E-state index contributed by atoms with van der Waals surface area (Å²) in [4.78, 5) is 15.7. The second-order valence-electron chi connectivity index (χ2n) is 6.65. The SMILES string of the molecule is CCCCCCCCCCCC(=O)NCCCCCCN=C(N)N.Cl. The zero-order valence-electron chi connectivity index (χ0n) is 16.2. The normalized spacial score (nSPS) is 10.1. The average Bonchev–Trinajstić information content (AvgIpc) is 2.55. The molecule has 150 valence electrons. The van der Waals surface area contributed by atoms with E-state index in [1.54, 1.807) is 0 Å². The Kier molecular flexibility index (Phi) is 22.1. The quantitative estimate of drug-likeness (QED) is 0.201. The van der Waals surface area contributed by atoms with Crippen molar-refractivity contribution in [1.29, 1.82) is 0 Å². The number of amides is 1. The zero-order valence-corrected chi connectivity index (χ0v) is 17.0. The third kappa shape index (κ3) is 23.0. The summed E-state index contributed by atoms with van der Waals surface area (Å²) < 4.78 is 0. The van der Waals surface area contributed by atoms with Crippen LogP contribution in [0.1, 0.15) is 96.8 Å². The second kappa shape index (κ2) is 21.1.